The fourth-order valence-corrected chi connectivity index (χ4v) is 2.93. The number of nitrogens with zero attached hydrogens (tertiary/aromatic N) is 2. The van der Waals surface area contributed by atoms with Gasteiger partial charge in [0.25, 0.3) is 11.8 Å². The molecule has 1 fully saturated rings. The highest BCUT2D eigenvalue weighted by molar-refractivity contribution is 6.37. The van der Waals surface area contributed by atoms with Gasteiger partial charge in [-0.1, -0.05) is 17.7 Å². The topological polar surface area (TPSA) is 66.9 Å². The van der Waals surface area contributed by atoms with Crippen LogP contribution in [-0.2, 0) is 9.53 Å². The lowest BCUT2D eigenvalue weighted by Crippen LogP contribution is -2.42. The minimum atomic E-state index is -0.430. The smallest absolute Gasteiger partial charge is 0.263 e. The van der Waals surface area contributed by atoms with E-state index in [4.69, 9.17) is 16.3 Å². The number of carbonyl (C=O) groups is 3. The summed E-state index contributed by atoms with van der Waals surface area (Å²) in [5, 5.41) is 0.262. The molecule has 1 aromatic carbocycles. The molecule has 3 amide bonds. The Morgan fingerprint density at radius 2 is 1.91 bits per heavy atom. The molecule has 22 heavy (non-hydrogen) atoms. The summed E-state index contributed by atoms with van der Waals surface area (Å²) in [5.74, 6) is -0.899. The molecule has 0 bridgehead atoms. The van der Waals surface area contributed by atoms with E-state index in [0.29, 0.717) is 31.9 Å². The van der Waals surface area contributed by atoms with Crippen LogP contribution in [-0.4, -0.2) is 60.4 Å². The second-order valence-electron chi connectivity index (χ2n) is 5.17. The van der Waals surface area contributed by atoms with E-state index < -0.39 is 11.8 Å². The molecule has 1 saturated heterocycles. The van der Waals surface area contributed by atoms with Crippen LogP contribution in [0.4, 0.5) is 0 Å². The van der Waals surface area contributed by atoms with Gasteiger partial charge in [0.2, 0.25) is 5.91 Å². The molecule has 0 aliphatic carbocycles. The number of ether oxygens (including phenoxy) is 1. The van der Waals surface area contributed by atoms with E-state index >= 15 is 0 Å². The molecule has 0 spiro atoms. The highest BCUT2D eigenvalue weighted by Gasteiger charge is 2.37. The fraction of sp³-hybridized carbons (Fsp3) is 0.400. The summed E-state index contributed by atoms with van der Waals surface area (Å²) >= 11 is 5.99. The third-order valence-corrected chi connectivity index (χ3v) is 4.18. The highest BCUT2D eigenvalue weighted by Crippen LogP contribution is 2.29. The number of carbonyl (C=O) groups excluding carboxylic acids is 3. The van der Waals surface area contributed by atoms with Crippen molar-refractivity contribution in [1.29, 1.82) is 0 Å². The number of imide groups is 1. The SMILES string of the molecule is O=C(CCN1C(=O)c2cccc(Cl)c2C1=O)N1CCOCC1. The van der Waals surface area contributed by atoms with E-state index in [0.717, 1.165) is 4.90 Å². The number of rotatable bonds is 3. The predicted octanol–water partition coefficient (Wildman–Crippen LogP) is 1.18. The Morgan fingerprint density at radius 1 is 1.18 bits per heavy atom. The zero-order valence-electron chi connectivity index (χ0n) is 11.9. The number of halogens is 1. The maximum atomic E-state index is 12.3. The van der Waals surface area contributed by atoms with Crippen molar-refractivity contribution in [3.63, 3.8) is 0 Å². The van der Waals surface area contributed by atoms with Crippen LogP contribution in [0.5, 0.6) is 0 Å². The lowest BCUT2D eigenvalue weighted by Gasteiger charge is -2.27. The van der Waals surface area contributed by atoms with Gasteiger partial charge in [0.15, 0.2) is 0 Å². The lowest BCUT2D eigenvalue weighted by molar-refractivity contribution is -0.135. The standard InChI is InChI=1S/C15H15ClN2O4/c16-11-3-1-2-10-13(11)15(21)18(14(10)20)5-4-12(19)17-6-8-22-9-7-17/h1-3H,4-9H2. The predicted molar refractivity (Wildman–Crippen MR) is 78.8 cm³/mol. The summed E-state index contributed by atoms with van der Waals surface area (Å²) < 4.78 is 5.19. The van der Waals surface area contributed by atoms with E-state index in [-0.39, 0.29) is 29.5 Å². The van der Waals surface area contributed by atoms with Crippen molar-refractivity contribution in [3.8, 4) is 0 Å². The van der Waals surface area contributed by atoms with Gasteiger partial charge in [-0.25, -0.2) is 0 Å². The molecule has 116 valence electrons. The van der Waals surface area contributed by atoms with Crippen LogP contribution in [0.1, 0.15) is 27.1 Å². The maximum absolute atomic E-state index is 12.3. The first-order valence-electron chi connectivity index (χ1n) is 7.10. The molecule has 3 rings (SSSR count). The Hall–Kier alpha value is -1.92. The molecular formula is C15H15ClN2O4. The summed E-state index contributed by atoms with van der Waals surface area (Å²) in [6, 6.07) is 4.79. The molecule has 2 aliphatic rings. The maximum Gasteiger partial charge on any atom is 0.263 e. The van der Waals surface area contributed by atoms with Crippen LogP contribution in [0.15, 0.2) is 18.2 Å². The quantitative estimate of drug-likeness (QED) is 0.784. The number of hydrogen-bond donors (Lipinski definition) is 0. The lowest BCUT2D eigenvalue weighted by atomic mass is 10.1. The van der Waals surface area contributed by atoms with E-state index in [1.54, 1.807) is 23.1 Å². The van der Waals surface area contributed by atoms with Crippen molar-refractivity contribution in [2.24, 2.45) is 0 Å². The van der Waals surface area contributed by atoms with Gasteiger partial charge in [0, 0.05) is 26.1 Å². The summed E-state index contributed by atoms with van der Waals surface area (Å²) in [4.78, 5) is 39.4. The average Bonchev–Trinajstić information content (AvgIpc) is 2.78. The molecule has 0 radical (unpaired) electrons. The summed E-state index contributed by atoms with van der Waals surface area (Å²) in [6.45, 7) is 2.21. The first-order chi connectivity index (χ1) is 10.6. The van der Waals surface area contributed by atoms with Gasteiger partial charge in [-0.15, -0.1) is 0 Å². The van der Waals surface area contributed by atoms with Crippen LogP contribution in [0.3, 0.4) is 0 Å². The van der Waals surface area contributed by atoms with Crippen LogP contribution in [0.25, 0.3) is 0 Å². The van der Waals surface area contributed by atoms with Gasteiger partial charge < -0.3 is 9.64 Å². The molecule has 1 aromatic rings. The van der Waals surface area contributed by atoms with Gasteiger partial charge in [-0.05, 0) is 12.1 Å². The monoisotopic (exact) mass is 322 g/mol. The summed E-state index contributed by atoms with van der Waals surface area (Å²) in [6.07, 6.45) is 0.114. The average molecular weight is 323 g/mol. The van der Waals surface area contributed by atoms with Gasteiger partial charge in [-0.2, -0.15) is 0 Å². The van der Waals surface area contributed by atoms with E-state index in [1.165, 1.54) is 0 Å². The van der Waals surface area contributed by atoms with E-state index in [9.17, 15) is 14.4 Å². The zero-order valence-corrected chi connectivity index (χ0v) is 12.6. The first-order valence-corrected chi connectivity index (χ1v) is 7.47. The van der Waals surface area contributed by atoms with Crippen molar-refractivity contribution < 1.29 is 19.1 Å². The van der Waals surface area contributed by atoms with Gasteiger partial charge in [0.05, 0.1) is 29.4 Å². The molecule has 0 saturated carbocycles. The molecule has 0 atom stereocenters. The van der Waals surface area contributed by atoms with Crippen LogP contribution < -0.4 is 0 Å². The van der Waals surface area contributed by atoms with Crippen LogP contribution in [0, 0.1) is 0 Å². The molecule has 7 heteroatoms. The van der Waals surface area contributed by atoms with Gasteiger partial charge in [0.1, 0.15) is 0 Å². The Bertz CT molecular complexity index is 640. The number of hydrogen-bond acceptors (Lipinski definition) is 4. The normalized spacial score (nSPS) is 17.9. The van der Waals surface area contributed by atoms with Crippen molar-refractivity contribution in [3.05, 3.63) is 34.3 Å². The number of benzene rings is 1. The second kappa shape index (κ2) is 6.06. The number of amides is 3. The summed E-state index contributed by atoms with van der Waals surface area (Å²) in [5.41, 5.74) is 0.532. The summed E-state index contributed by atoms with van der Waals surface area (Å²) in [7, 11) is 0. The Labute approximate surface area is 132 Å². The van der Waals surface area contributed by atoms with Crippen LogP contribution in [0.2, 0.25) is 5.02 Å². The second-order valence-corrected chi connectivity index (χ2v) is 5.57. The van der Waals surface area contributed by atoms with Crippen LogP contribution >= 0.6 is 11.6 Å². The van der Waals surface area contributed by atoms with Crippen molar-refractivity contribution in [2.45, 2.75) is 6.42 Å². The van der Waals surface area contributed by atoms with E-state index in [2.05, 4.69) is 0 Å². The minimum absolute atomic E-state index is 0.0683. The Morgan fingerprint density at radius 3 is 2.59 bits per heavy atom. The fourth-order valence-electron chi connectivity index (χ4n) is 2.67. The van der Waals surface area contributed by atoms with E-state index in [1.807, 2.05) is 0 Å². The Kier molecular flexibility index (Phi) is 4.13. The van der Waals surface area contributed by atoms with Crippen molar-refractivity contribution in [2.75, 3.05) is 32.8 Å². The minimum Gasteiger partial charge on any atom is -0.378 e. The third-order valence-electron chi connectivity index (χ3n) is 3.86. The molecular weight excluding hydrogens is 308 g/mol. The first kappa shape index (κ1) is 15.0. The Balaban J connectivity index is 1.67. The highest BCUT2D eigenvalue weighted by atomic mass is 35.5. The molecule has 2 heterocycles. The zero-order chi connectivity index (χ0) is 15.7. The largest absolute Gasteiger partial charge is 0.378 e. The van der Waals surface area contributed by atoms with Gasteiger partial charge in [-0.3, -0.25) is 19.3 Å². The van der Waals surface area contributed by atoms with Crippen molar-refractivity contribution in [1.82, 2.24) is 9.80 Å². The molecule has 0 N–H and O–H groups in total. The molecule has 6 nitrogen and oxygen atoms in total. The third kappa shape index (κ3) is 2.60. The number of morpholine rings is 1. The van der Waals surface area contributed by atoms with Crippen molar-refractivity contribution >= 4 is 29.3 Å². The molecule has 2 aliphatic heterocycles. The number of fused-ring (bicyclic) bond motifs is 1. The van der Waals surface area contributed by atoms with Gasteiger partial charge >= 0.3 is 0 Å². The molecule has 0 unspecified atom stereocenters. The molecule has 0 aromatic heterocycles.